The third-order valence-corrected chi connectivity index (χ3v) is 8.14. The van der Waals surface area contributed by atoms with Gasteiger partial charge in [-0.25, -0.2) is 4.98 Å². The van der Waals surface area contributed by atoms with Gasteiger partial charge >= 0.3 is 0 Å². The van der Waals surface area contributed by atoms with Crippen LogP contribution in [0, 0.1) is 17.8 Å². The van der Waals surface area contributed by atoms with Crippen LogP contribution in [-0.4, -0.2) is 31.9 Å². The normalized spacial score (nSPS) is 31.0. The van der Waals surface area contributed by atoms with E-state index in [9.17, 15) is 4.79 Å². The quantitative estimate of drug-likeness (QED) is 0.683. The Bertz CT molecular complexity index is 855. The summed E-state index contributed by atoms with van der Waals surface area (Å²) in [6, 6.07) is 8.37. The molecule has 4 bridgehead atoms. The number of H-pyrrole nitrogens is 1. The van der Waals surface area contributed by atoms with Gasteiger partial charge in [-0.2, -0.15) is 0 Å². The first-order valence-corrected chi connectivity index (χ1v) is 11.9. The van der Waals surface area contributed by atoms with Gasteiger partial charge in [0.15, 0.2) is 5.82 Å². The molecule has 1 amide bonds. The smallest absolute Gasteiger partial charge is 0.233 e. The van der Waals surface area contributed by atoms with Crippen LogP contribution in [0.4, 0.5) is 0 Å². The average molecular weight is 411 g/mol. The Balaban J connectivity index is 1.22. The molecule has 6 rings (SSSR count). The lowest BCUT2D eigenvalue weighted by molar-refractivity contribution is -0.126. The molecule has 29 heavy (non-hydrogen) atoms. The van der Waals surface area contributed by atoms with E-state index in [0.29, 0.717) is 5.16 Å². The summed E-state index contributed by atoms with van der Waals surface area (Å²) in [4.78, 5) is 17.6. The molecule has 0 spiro atoms. The van der Waals surface area contributed by atoms with Crippen molar-refractivity contribution >= 4 is 17.7 Å². The van der Waals surface area contributed by atoms with Gasteiger partial charge < -0.3 is 5.32 Å². The molecule has 0 radical (unpaired) electrons. The molecule has 1 aromatic heterocycles. The molecular weight excluding hydrogens is 380 g/mol. The topological polar surface area (TPSA) is 70.7 Å². The predicted octanol–water partition coefficient (Wildman–Crippen LogP) is 4.60. The lowest BCUT2D eigenvalue weighted by Crippen LogP contribution is -2.60. The summed E-state index contributed by atoms with van der Waals surface area (Å²) in [5.74, 6) is 3.39. The van der Waals surface area contributed by atoms with E-state index in [1.165, 1.54) is 55.9 Å². The largest absolute Gasteiger partial charge is 0.350 e. The Labute approximate surface area is 176 Å². The Hall–Kier alpha value is -1.82. The van der Waals surface area contributed by atoms with Crippen LogP contribution in [0.5, 0.6) is 0 Å². The number of carbonyl (C=O) groups is 1. The highest BCUT2D eigenvalue weighted by Crippen LogP contribution is 2.55. The van der Waals surface area contributed by atoms with Crippen LogP contribution in [0.1, 0.15) is 57.9 Å². The Morgan fingerprint density at radius 3 is 2.38 bits per heavy atom. The molecular formula is C23H30N4OS. The fraction of sp³-hybridized carbons (Fsp3) is 0.609. The van der Waals surface area contributed by atoms with Gasteiger partial charge in [-0.3, -0.25) is 9.89 Å². The molecule has 0 aliphatic heterocycles. The number of aryl methyl sites for hydroxylation is 1. The summed E-state index contributed by atoms with van der Waals surface area (Å²) in [7, 11) is 0. The van der Waals surface area contributed by atoms with Gasteiger partial charge in [-0.05, 0) is 75.2 Å². The van der Waals surface area contributed by atoms with E-state index < -0.39 is 0 Å². The minimum atomic E-state index is -0.200. The van der Waals surface area contributed by atoms with Crippen molar-refractivity contribution < 1.29 is 4.79 Å². The van der Waals surface area contributed by atoms with Crippen LogP contribution >= 0.6 is 11.8 Å². The third-order valence-electron chi connectivity index (χ3n) is 7.18. The summed E-state index contributed by atoms with van der Waals surface area (Å²) >= 11 is 1.44. The summed E-state index contributed by atoms with van der Waals surface area (Å²) in [6.45, 7) is 4.11. The zero-order chi connectivity index (χ0) is 20.0. The number of aromatic amines is 1. The first-order chi connectivity index (χ1) is 14.0. The first kappa shape index (κ1) is 19.2. The molecule has 2 aromatic rings. The molecule has 1 atom stereocenters. The highest BCUT2D eigenvalue weighted by Gasteiger charge is 2.51. The number of nitrogens with one attached hydrogen (secondary N) is 2. The van der Waals surface area contributed by atoms with E-state index in [1.807, 2.05) is 6.92 Å². The van der Waals surface area contributed by atoms with Crippen molar-refractivity contribution in [2.24, 2.45) is 17.8 Å². The van der Waals surface area contributed by atoms with Crippen molar-refractivity contribution in [3.63, 3.8) is 0 Å². The standard InChI is InChI=1S/C23H30N4OS/c1-3-15-4-6-19(7-5-15)20-24-22(27-26-20)29-14(2)21(28)25-23-11-16-8-17(12-23)10-18(9-16)13-23/h4-7,14,16-18H,3,8-13H2,1-2H3,(H,25,28)(H,24,26,27)/t14-,16?,17?,18?,23?/m1/s1. The van der Waals surface area contributed by atoms with Crippen molar-refractivity contribution in [1.29, 1.82) is 0 Å². The van der Waals surface area contributed by atoms with Crippen molar-refractivity contribution in [1.82, 2.24) is 20.5 Å². The van der Waals surface area contributed by atoms with Crippen molar-refractivity contribution in [3.8, 4) is 11.4 Å². The van der Waals surface area contributed by atoms with Gasteiger partial charge in [0.05, 0.1) is 5.25 Å². The summed E-state index contributed by atoms with van der Waals surface area (Å²) < 4.78 is 0. The highest BCUT2D eigenvalue weighted by molar-refractivity contribution is 8.00. The minimum absolute atomic E-state index is 0.0613. The fourth-order valence-electron chi connectivity index (χ4n) is 6.16. The zero-order valence-corrected chi connectivity index (χ0v) is 18.1. The van der Waals surface area contributed by atoms with Crippen LogP contribution in [0.15, 0.2) is 29.4 Å². The lowest BCUT2D eigenvalue weighted by Gasteiger charge is -2.57. The molecule has 4 aliphatic rings. The number of hydrogen-bond donors (Lipinski definition) is 2. The first-order valence-electron chi connectivity index (χ1n) is 11.0. The minimum Gasteiger partial charge on any atom is -0.350 e. The second-order valence-electron chi connectivity index (χ2n) is 9.46. The van der Waals surface area contributed by atoms with Gasteiger partial charge in [-0.1, -0.05) is 43.0 Å². The Kier molecular flexibility index (Phi) is 4.93. The molecule has 5 nitrogen and oxygen atoms in total. The van der Waals surface area contributed by atoms with Crippen LogP contribution < -0.4 is 5.32 Å². The summed E-state index contributed by atoms with van der Waals surface area (Å²) in [5, 5.41) is 11.3. The number of thioether (sulfide) groups is 1. The van der Waals surface area contributed by atoms with E-state index in [-0.39, 0.29) is 16.7 Å². The maximum absolute atomic E-state index is 13.0. The number of carbonyl (C=O) groups excluding carboxylic acids is 1. The molecule has 0 unspecified atom stereocenters. The number of hydrogen-bond acceptors (Lipinski definition) is 4. The molecule has 1 aromatic carbocycles. The summed E-state index contributed by atoms with van der Waals surface area (Å²) in [5.41, 5.74) is 2.39. The fourth-order valence-corrected chi connectivity index (χ4v) is 6.89. The van der Waals surface area contributed by atoms with E-state index in [0.717, 1.165) is 35.6 Å². The number of aromatic nitrogens is 3. The van der Waals surface area contributed by atoms with Gasteiger partial charge in [0.2, 0.25) is 11.1 Å². The highest BCUT2D eigenvalue weighted by atomic mass is 32.2. The van der Waals surface area contributed by atoms with Crippen LogP contribution in [-0.2, 0) is 11.2 Å². The molecule has 2 N–H and O–H groups in total. The molecule has 1 heterocycles. The van der Waals surface area contributed by atoms with Gasteiger partial charge in [0.1, 0.15) is 0 Å². The van der Waals surface area contributed by atoms with Crippen LogP contribution in [0.3, 0.4) is 0 Å². The summed E-state index contributed by atoms with van der Waals surface area (Å²) in [6.07, 6.45) is 8.73. The maximum Gasteiger partial charge on any atom is 0.233 e. The molecule has 4 fully saturated rings. The molecule has 0 saturated heterocycles. The second kappa shape index (κ2) is 7.46. The molecule has 4 saturated carbocycles. The van der Waals surface area contributed by atoms with Crippen molar-refractivity contribution in [2.45, 2.75) is 74.7 Å². The van der Waals surface area contributed by atoms with E-state index in [1.54, 1.807) is 0 Å². The SMILES string of the molecule is CCc1ccc(-c2nc(S[C@H](C)C(=O)NC34CC5CC(CC(C5)C3)C4)n[nH]2)cc1. The van der Waals surface area contributed by atoms with E-state index >= 15 is 0 Å². The van der Waals surface area contributed by atoms with Crippen molar-refractivity contribution in [2.75, 3.05) is 0 Å². The lowest BCUT2D eigenvalue weighted by atomic mass is 9.53. The number of rotatable bonds is 6. The van der Waals surface area contributed by atoms with Gasteiger partial charge in [0, 0.05) is 11.1 Å². The molecule has 4 aliphatic carbocycles. The Morgan fingerprint density at radius 1 is 1.17 bits per heavy atom. The predicted molar refractivity (Wildman–Crippen MR) is 116 cm³/mol. The zero-order valence-electron chi connectivity index (χ0n) is 17.3. The number of amides is 1. The van der Waals surface area contributed by atoms with Crippen LogP contribution in [0.25, 0.3) is 11.4 Å². The Morgan fingerprint density at radius 2 is 1.79 bits per heavy atom. The number of nitrogens with zero attached hydrogens (tertiary/aromatic N) is 2. The van der Waals surface area contributed by atoms with Crippen molar-refractivity contribution in [3.05, 3.63) is 29.8 Å². The van der Waals surface area contributed by atoms with Gasteiger partial charge in [-0.15, -0.1) is 5.10 Å². The third kappa shape index (κ3) is 3.83. The van der Waals surface area contributed by atoms with Crippen LogP contribution in [0.2, 0.25) is 0 Å². The van der Waals surface area contributed by atoms with E-state index in [4.69, 9.17) is 0 Å². The monoisotopic (exact) mass is 410 g/mol. The van der Waals surface area contributed by atoms with Gasteiger partial charge in [0.25, 0.3) is 0 Å². The molecule has 6 heteroatoms. The number of benzene rings is 1. The second-order valence-corrected chi connectivity index (χ2v) is 10.8. The average Bonchev–Trinajstić information content (AvgIpc) is 3.15. The molecule has 154 valence electrons. The van der Waals surface area contributed by atoms with E-state index in [2.05, 4.69) is 51.7 Å². The maximum atomic E-state index is 13.0.